The molecule has 1 atom stereocenters. The maximum absolute atomic E-state index is 13.2. The van der Waals surface area contributed by atoms with Gasteiger partial charge in [0.25, 0.3) is 0 Å². The van der Waals surface area contributed by atoms with Gasteiger partial charge in [-0.3, -0.25) is 9.30 Å². The number of nitrogens with zero attached hydrogens (tertiary/aromatic N) is 6. The largest absolute Gasteiger partial charge is 0.479 e. The van der Waals surface area contributed by atoms with E-state index in [1.807, 2.05) is 13.1 Å². The normalized spacial score (nSPS) is 18.4. The van der Waals surface area contributed by atoms with E-state index in [-0.39, 0.29) is 6.03 Å². The molecular formula is C21H26N8O2. The predicted octanol–water partition coefficient (Wildman–Crippen LogP) is 1.83. The van der Waals surface area contributed by atoms with Crippen molar-refractivity contribution in [3.8, 4) is 5.88 Å². The number of nitrogens with one attached hydrogen (secondary N) is 2. The van der Waals surface area contributed by atoms with Crippen LogP contribution in [0.25, 0.3) is 5.78 Å². The molecule has 162 valence electrons. The minimum Gasteiger partial charge on any atom is -0.479 e. The number of rotatable bonds is 3. The Kier molecular flexibility index (Phi) is 4.85. The van der Waals surface area contributed by atoms with Crippen LogP contribution in [0.3, 0.4) is 0 Å². The number of anilines is 3. The molecule has 0 saturated carbocycles. The summed E-state index contributed by atoms with van der Waals surface area (Å²) in [6.07, 6.45) is 6.18. The topological polar surface area (TPSA) is 99.9 Å². The molecule has 2 N–H and O–H groups in total. The lowest BCUT2D eigenvalue weighted by atomic mass is 10.1. The molecule has 1 fully saturated rings. The molecule has 3 aromatic rings. The lowest BCUT2D eigenvalue weighted by Gasteiger charge is -2.34. The molecule has 1 saturated heterocycles. The average molecular weight is 422 g/mol. The summed E-state index contributed by atoms with van der Waals surface area (Å²) in [6, 6.07) is 2.23. The molecule has 0 spiro atoms. The van der Waals surface area contributed by atoms with Crippen molar-refractivity contribution >= 4 is 29.0 Å². The van der Waals surface area contributed by atoms with Gasteiger partial charge in [-0.25, -0.2) is 14.8 Å². The van der Waals surface area contributed by atoms with Crippen LogP contribution >= 0.6 is 0 Å². The summed E-state index contributed by atoms with van der Waals surface area (Å²) in [5.74, 6) is 1.56. The maximum atomic E-state index is 13.2. The van der Waals surface area contributed by atoms with E-state index in [4.69, 9.17) is 4.74 Å². The number of piperazine rings is 1. The van der Waals surface area contributed by atoms with E-state index in [0.717, 1.165) is 37.3 Å². The molecule has 0 aliphatic carbocycles. The number of ether oxygens (including phenoxy) is 1. The van der Waals surface area contributed by atoms with Crippen molar-refractivity contribution in [2.45, 2.75) is 26.3 Å². The smallest absolute Gasteiger partial charge is 0.327 e. The van der Waals surface area contributed by atoms with Crippen LogP contribution < -0.4 is 25.2 Å². The minimum absolute atomic E-state index is 0.256. The van der Waals surface area contributed by atoms with E-state index in [2.05, 4.69) is 43.5 Å². The number of methoxy groups -OCH3 is 1. The summed E-state index contributed by atoms with van der Waals surface area (Å²) in [4.78, 5) is 30.5. The Morgan fingerprint density at radius 1 is 1.29 bits per heavy atom. The molecule has 2 amide bonds. The van der Waals surface area contributed by atoms with Crippen molar-refractivity contribution in [1.29, 1.82) is 0 Å². The first kappa shape index (κ1) is 19.6. The first-order chi connectivity index (χ1) is 15.0. The van der Waals surface area contributed by atoms with E-state index in [9.17, 15) is 4.79 Å². The van der Waals surface area contributed by atoms with Gasteiger partial charge < -0.3 is 20.3 Å². The highest BCUT2D eigenvalue weighted by atomic mass is 16.5. The SMILES string of the molecule is COc1nc2nc(C)cn2cc1NC(=O)N1CCc2c(N3CCN[C@H](C)C3)ccnc21. The number of urea groups is 1. The number of hydrogen-bond donors (Lipinski definition) is 2. The Balaban J connectivity index is 1.41. The average Bonchev–Trinajstić information content (AvgIpc) is 3.35. The van der Waals surface area contributed by atoms with Gasteiger partial charge in [0.15, 0.2) is 0 Å². The minimum atomic E-state index is -0.256. The van der Waals surface area contributed by atoms with Gasteiger partial charge in [0, 0.05) is 62.1 Å². The standard InChI is InChI=1S/C21H26N8O2/c1-13-10-27(9-7-22-13)17-4-6-23-18-15(17)5-8-29(18)21(30)25-16-12-28-11-14(2)24-20(28)26-19(16)31-3/h4,6,11-13,22H,5,7-10H2,1-3H3,(H,25,30)/t13-/m1/s1. The highest BCUT2D eigenvalue weighted by Crippen LogP contribution is 2.35. The van der Waals surface area contributed by atoms with Crippen molar-refractivity contribution in [2.24, 2.45) is 0 Å². The van der Waals surface area contributed by atoms with Crippen LogP contribution in [0.15, 0.2) is 24.7 Å². The number of aromatic nitrogens is 4. The van der Waals surface area contributed by atoms with Gasteiger partial charge in [0.05, 0.1) is 12.8 Å². The summed E-state index contributed by atoms with van der Waals surface area (Å²) < 4.78 is 7.15. The van der Waals surface area contributed by atoms with Gasteiger partial charge in [-0.1, -0.05) is 0 Å². The Morgan fingerprint density at radius 2 is 2.16 bits per heavy atom. The lowest BCUT2D eigenvalue weighted by Crippen LogP contribution is -2.49. The quantitative estimate of drug-likeness (QED) is 0.664. The van der Waals surface area contributed by atoms with E-state index < -0.39 is 0 Å². The maximum Gasteiger partial charge on any atom is 0.327 e. The van der Waals surface area contributed by atoms with Crippen LogP contribution in [-0.2, 0) is 6.42 Å². The number of carbonyl (C=O) groups excluding carboxylic acids is 1. The second-order valence-corrected chi connectivity index (χ2v) is 8.02. The molecule has 0 radical (unpaired) electrons. The molecule has 5 heterocycles. The van der Waals surface area contributed by atoms with Crippen molar-refractivity contribution in [1.82, 2.24) is 24.7 Å². The second kappa shape index (κ2) is 7.69. The zero-order valence-corrected chi connectivity index (χ0v) is 17.9. The van der Waals surface area contributed by atoms with Gasteiger partial charge >= 0.3 is 6.03 Å². The molecule has 0 bridgehead atoms. The Hall–Kier alpha value is -3.40. The van der Waals surface area contributed by atoms with Gasteiger partial charge in [0.2, 0.25) is 11.7 Å². The van der Waals surface area contributed by atoms with E-state index in [1.54, 1.807) is 21.7 Å². The number of hydrogen-bond acceptors (Lipinski definition) is 7. The molecule has 5 rings (SSSR count). The molecule has 2 aliphatic heterocycles. The zero-order valence-electron chi connectivity index (χ0n) is 17.9. The molecule has 31 heavy (non-hydrogen) atoms. The number of amides is 2. The van der Waals surface area contributed by atoms with Gasteiger partial charge in [-0.05, 0) is 26.3 Å². The van der Waals surface area contributed by atoms with Crippen LogP contribution in [0.4, 0.5) is 22.0 Å². The third kappa shape index (κ3) is 3.52. The van der Waals surface area contributed by atoms with Crippen LogP contribution in [0.1, 0.15) is 18.2 Å². The van der Waals surface area contributed by atoms with Gasteiger partial charge in [-0.2, -0.15) is 4.98 Å². The van der Waals surface area contributed by atoms with Crippen molar-refractivity contribution < 1.29 is 9.53 Å². The predicted molar refractivity (Wildman–Crippen MR) is 118 cm³/mol. The number of imidazole rings is 1. The molecule has 10 heteroatoms. The van der Waals surface area contributed by atoms with Crippen LogP contribution in [0.5, 0.6) is 5.88 Å². The monoisotopic (exact) mass is 422 g/mol. The van der Waals surface area contributed by atoms with Gasteiger partial charge in [0.1, 0.15) is 11.5 Å². The lowest BCUT2D eigenvalue weighted by molar-refractivity contribution is 0.257. The summed E-state index contributed by atoms with van der Waals surface area (Å²) >= 11 is 0. The molecular weight excluding hydrogens is 396 g/mol. The van der Waals surface area contributed by atoms with E-state index in [1.165, 1.54) is 12.8 Å². The summed E-state index contributed by atoms with van der Waals surface area (Å²) in [5.41, 5.74) is 3.61. The number of pyridine rings is 1. The Labute approximate surface area is 180 Å². The third-order valence-electron chi connectivity index (χ3n) is 5.77. The number of carbonyl (C=O) groups is 1. The first-order valence-corrected chi connectivity index (χ1v) is 10.5. The summed E-state index contributed by atoms with van der Waals surface area (Å²) in [5, 5.41) is 6.41. The molecule has 0 aromatic carbocycles. The fourth-order valence-electron chi connectivity index (χ4n) is 4.37. The van der Waals surface area contributed by atoms with Crippen molar-refractivity contribution in [3.05, 3.63) is 35.9 Å². The summed E-state index contributed by atoms with van der Waals surface area (Å²) in [7, 11) is 1.53. The highest BCUT2D eigenvalue weighted by Gasteiger charge is 2.31. The first-order valence-electron chi connectivity index (χ1n) is 10.5. The molecule has 2 aliphatic rings. The van der Waals surface area contributed by atoms with Crippen molar-refractivity contribution in [2.75, 3.05) is 48.4 Å². The zero-order chi connectivity index (χ0) is 21.5. The van der Waals surface area contributed by atoms with Gasteiger partial charge in [-0.15, -0.1) is 0 Å². The number of aryl methyl sites for hydroxylation is 1. The van der Waals surface area contributed by atoms with Crippen LogP contribution in [0.2, 0.25) is 0 Å². The Morgan fingerprint density at radius 3 is 2.97 bits per heavy atom. The Bertz CT molecular complexity index is 1140. The van der Waals surface area contributed by atoms with Crippen LogP contribution in [0, 0.1) is 6.92 Å². The molecule has 10 nitrogen and oxygen atoms in total. The molecule has 3 aromatic heterocycles. The summed E-state index contributed by atoms with van der Waals surface area (Å²) in [6.45, 7) is 7.49. The third-order valence-corrected chi connectivity index (χ3v) is 5.77. The number of fused-ring (bicyclic) bond motifs is 2. The molecule has 0 unspecified atom stereocenters. The highest BCUT2D eigenvalue weighted by molar-refractivity contribution is 6.03. The van der Waals surface area contributed by atoms with E-state index in [0.29, 0.717) is 35.7 Å². The fourth-order valence-corrected chi connectivity index (χ4v) is 4.37. The van der Waals surface area contributed by atoms with E-state index >= 15 is 0 Å². The second-order valence-electron chi connectivity index (χ2n) is 8.02. The van der Waals surface area contributed by atoms with Crippen molar-refractivity contribution in [3.63, 3.8) is 0 Å². The fraction of sp³-hybridized carbons (Fsp3) is 0.429. The van der Waals surface area contributed by atoms with Crippen LogP contribution in [-0.4, -0.2) is 64.7 Å².